The predicted octanol–water partition coefficient (Wildman–Crippen LogP) is 3.54. The summed E-state index contributed by atoms with van der Waals surface area (Å²) >= 11 is 1.50. The third kappa shape index (κ3) is 4.23. The van der Waals surface area contributed by atoms with Gasteiger partial charge in [0.05, 0.1) is 22.5 Å². The maximum atomic E-state index is 12.9. The number of benzene rings is 1. The summed E-state index contributed by atoms with van der Waals surface area (Å²) in [5, 5.41) is 13.9. The molecule has 0 bridgehead atoms. The molecule has 3 aromatic rings. The molecule has 0 unspecified atom stereocenters. The number of anilines is 1. The lowest BCUT2D eigenvalue weighted by Crippen LogP contribution is -2.30. The summed E-state index contributed by atoms with van der Waals surface area (Å²) in [5.74, 6) is 0. The van der Waals surface area contributed by atoms with Gasteiger partial charge in [0.15, 0.2) is 0 Å². The van der Waals surface area contributed by atoms with Gasteiger partial charge in [-0.2, -0.15) is 13.2 Å². The van der Waals surface area contributed by atoms with E-state index >= 15 is 0 Å². The Hall–Kier alpha value is -2.39. The van der Waals surface area contributed by atoms with Crippen molar-refractivity contribution in [2.75, 3.05) is 11.9 Å². The highest BCUT2D eigenvalue weighted by Gasteiger charge is 2.30. The van der Waals surface area contributed by atoms with Crippen LogP contribution in [0.5, 0.6) is 0 Å². The molecule has 0 aliphatic carbocycles. The standard InChI is InChI=1S/C17H18F3N5S/c1-25-15(9-22-24-25)12-7-16(26-10-12)23-14(8-21)6-11-3-2-4-13(5-11)17(18,19)20/h2-5,7,9-10,14,23H,6,8,21H2,1H3/t14-/m0/s1. The van der Waals surface area contributed by atoms with E-state index in [1.165, 1.54) is 23.5 Å². The third-order valence-corrected chi connectivity index (χ3v) is 4.84. The molecule has 0 amide bonds. The lowest BCUT2D eigenvalue weighted by molar-refractivity contribution is -0.137. The fraction of sp³-hybridized carbons (Fsp3) is 0.294. The Morgan fingerprint density at radius 2 is 2.12 bits per heavy atom. The number of hydrogen-bond donors (Lipinski definition) is 2. The van der Waals surface area contributed by atoms with Gasteiger partial charge in [-0.05, 0) is 24.1 Å². The molecule has 138 valence electrons. The number of nitrogens with zero attached hydrogens (tertiary/aromatic N) is 3. The Morgan fingerprint density at radius 1 is 1.31 bits per heavy atom. The molecule has 1 aromatic carbocycles. The minimum absolute atomic E-state index is 0.172. The highest BCUT2D eigenvalue weighted by atomic mass is 32.1. The van der Waals surface area contributed by atoms with E-state index in [9.17, 15) is 13.2 Å². The van der Waals surface area contributed by atoms with Gasteiger partial charge in [0.1, 0.15) is 0 Å². The van der Waals surface area contributed by atoms with Crippen LogP contribution in [0, 0.1) is 0 Å². The van der Waals surface area contributed by atoms with Gasteiger partial charge < -0.3 is 11.1 Å². The lowest BCUT2D eigenvalue weighted by atomic mass is 10.0. The topological polar surface area (TPSA) is 68.8 Å². The predicted molar refractivity (Wildman–Crippen MR) is 95.9 cm³/mol. The lowest BCUT2D eigenvalue weighted by Gasteiger charge is -2.17. The molecular formula is C17H18F3N5S. The molecule has 0 spiro atoms. The number of rotatable bonds is 6. The second-order valence-electron chi connectivity index (χ2n) is 5.92. The van der Waals surface area contributed by atoms with E-state index in [0.717, 1.165) is 22.3 Å². The van der Waals surface area contributed by atoms with E-state index in [1.807, 2.05) is 18.5 Å². The number of aryl methyl sites for hydroxylation is 1. The number of nitrogens with one attached hydrogen (secondary N) is 1. The van der Waals surface area contributed by atoms with Crippen LogP contribution in [0.1, 0.15) is 11.1 Å². The molecule has 0 saturated carbocycles. The van der Waals surface area contributed by atoms with Crippen molar-refractivity contribution in [2.45, 2.75) is 18.6 Å². The van der Waals surface area contributed by atoms with Crippen LogP contribution in [-0.4, -0.2) is 27.6 Å². The van der Waals surface area contributed by atoms with Gasteiger partial charge in [0.25, 0.3) is 0 Å². The highest BCUT2D eigenvalue weighted by molar-refractivity contribution is 7.14. The molecule has 9 heteroatoms. The van der Waals surface area contributed by atoms with Gasteiger partial charge in [-0.25, -0.2) is 4.68 Å². The van der Waals surface area contributed by atoms with Crippen LogP contribution in [0.4, 0.5) is 18.2 Å². The van der Waals surface area contributed by atoms with Crippen LogP contribution in [0.3, 0.4) is 0 Å². The number of aromatic nitrogens is 3. The van der Waals surface area contributed by atoms with Crippen molar-refractivity contribution in [1.82, 2.24) is 15.0 Å². The van der Waals surface area contributed by atoms with E-state index in [-0.39, 0.29) is 6.04 Å². The summed E-state index contributed by atoms with van der Waals surface area (Å²) in [5.41, 5.74) is 7.62. The first-order chi connectivity index (χ1) is 12.4. The average molecular weight is 381 g/mol. The highest BCUT2D eigenvalue weighted by Crippen LogP contribution is 2.31. The normalized spacial score (nSPS) is 13.0. The van der Waals surface area contributed by atoms with E-state index in [0.29, 0.717) is 18.5 Å². The van der Waals surface area contributed by atoms with E-state index in [1.54, 1.807) is 16.9 Å². The zero-order valence-electron chi connectivity index (χ0n) is 14.0. The Balaban J connectivity index is 1.71. The van der Waals surface area contributed by atoms with Crippen LogP contribution in [-0.2, 0) is 19.6 Å². The monoisotopic (exact) mass is 381 g/mol. The average Bonchev–Trinajstić information content (AvgIpc) is 3.22. The number of thiophene rings is 1. The molecule has 3 rings (SSSR count). The molecule has 3 N–H and O–H groups in total. The second-order valence-corrected chi connectivity index (χ2v) is 6.83. The van der Waals surface area contributed by atoms with E-state index in [4.69, 9.17) is 5.73 Å². The van der Waals surface area contributed by atoms with Gasteiger partial charge in [-0.3, -0.25) is 0 Å². The van der Waals surface area contributed by atoms with Crippen molar-refractivity contribution in [1.29, 1.82) is 0 Å². The zero-order valence-corrected chi connectivity index (χ0v) is 14.8. The maximum absolute atomic E-state index is 12.9. The second kappa shape index (κ2) is 7.46. The van der Waals surface area contributed by atoms with E-state index in [2.05, 4.69) is 15.6 Å². The van der Waals surface area contributed by atoms with Gasteiger partial charge in [0, 0.05) is 30.6 Å². The molecule has 0 fully saturated rings. The molecule has 0 aliphatic heterocycles. The minimum Gasteiger partial charge on any atom is -0.373 e. The Bertz CT molecular complexity index is 871. The summed E-state index contributed by atoms with van der Waals surface area (Å²) in [6, 6.07) is 7.13. The summed E-state index contributed by atoms with van der Waals surface area (Å²) in [6.07, 6.45) is -2.27. The molecule has 5 nitrogen and oxygen atoms in total. The molecule has 0 saturated heterocycles. The largest absolute Gasteiger partial charge is 0.416 e. The van der Waals surface area contributed by atoms with Gasteiger partial charge in [-0.1, -0.05) is 23.4 Å². The van der Waals surface area contributed by atoms with Crippen molar-refractivity contribution in [2.24, 2.45) is 12.8 Å². The molecule has 0 radical (unpaired) electrons. The fourth-order valence-electron chi connectivity index (χ4n) is 2.65. The first-order valence-electron chi connectivity index (χ1n) is 7.93. The van der Waals surface area contributed by atoms with Crippen LogP contribution in [0.25, 0.3) is 11.3 Å². The van der Waals surface area contributed by atoms with Crippen molar-refractivity contribution in [3.05, 3.63) is 53.0 Å². The Morgan fingerprint density at radius 3 is 2.77 bits per heavy atom. The Labute approximate surface area is 152 Å². The number of hydrogen-bond acceptors (Lipinski definition) is 5. The van der Waals surface area contributed by atoms with Crippen LogP contribution in [0.15, 0.2) is 41.9 Å². The fourth-order valence-corrected chi connectivity index (χ4v) is 3.52. The smallest absolute Gasteiger partial charge is 0.373 e. The van der Waals surface area contributed by atoms with E-state index < -0.39 is 11.7 Å². The molecule has 26 heavy (non-hydrogen) atoms. The maximum Gasteiger partial charge on any atom is 0.416 e. The zero-order chi connectivity index (χ0) is 18.7. The van der Waals surface area contributed by atoms with Gasteiger partial charge >= 0.3 is 6.18 Å². The number of nitrogens with two attached hydrogens (primary N) is 1. The van der Waals surface area contributed by atoms with Crippen LogP contribution >= 0.6 is 11.3 Å². The van der Waals surface area contributed by atoms with Crippen LogP contribution < -0.4 is 11.1 Å². The van der Waals surface area contributed by atoms with Crippen molar-refractivity contribution < 1.29 is 13.2 Å². The third-order valence-electron chi connectivity index (χ3n) is 3.98. The number of alkyl halides is 3. The Kier molecular flexibility index (Phi) is 5.28. The summed E-state index contributed by atoms with van der Waals surface area (Å²) < 4.78 is 40.2. The van der Waals surface area contributed by atoms with Crippen molar-refractivity contribution in [3.8, 4) is 11.3 Å². The number of halogens is 3. The first kappa shape index (κ1) is 18.4. The quantitative estimate of drug-likeness (QED) is 0.685. The van der Waals surface area contributed by atoms with Crippen molar-refractivity contribution >= 4 is 16.3 Å². The van der Waals surface area contributed by atoms with Crippen LogP contribution in [0.2, 0.25) is 0 Å². The molecule has 1 atom stereocenters. The first-order valence-corrected chi connectivity index (χ1v) is 8.81. The summed E-state index contributed by atoms with van der Waals surface area (Å²) in [4.78, 5) is 0. The molecule has 0 aliphatic rings. The van der Waals surface area contributed by atoms with Crippen molar-refractivity contribution in [3.63, 3.8) is 0 Å². The summed E-state index contributed by atoms with van der Waals surface area (Å²) in [7, 11) is 1.81. The molecular weight excluding hydrogens is 363 g/mol. The molecule has 2 heterocycles. The molecule has 2 aromatic heterocycles. The summed E-state index contributed by atoms with van der Waals surface area (Å²) in [6.45, 7) is 0.302. The van der Waals surface area contributed by atoms with Gasteiger partial charge in [-0.15, -0.1) is 16.4 Å². The minimum atomic E-state index is -4.35. The SMILES string of the molecule is Cn1nncc1-c1csc(N[C@H](CN)Cc2cccc(C(F)(F)F)c2)c1. The van der Waals surface area contributed by atoms with Gasteiger partial charge in [0.2, 0.25) is 0 Å².